The van der Waals surface area contributed by atoms with Crippen LogP contribution in [0.4, 0.5) is 5.13 Å². The number of aliphatic hydroxyl groups is 1. The summed E-state index contributed by atoms with van der Waals surface area (Å²) >= 11 is 3.23. The first-order valence-electron chi connectivity index (χ1n) is 8.87. The van der Waals surface area contributed by atoms with Crippen molar-refractivity contribution < 1.29 is 5.11 Å². The van der Waals surface area contributed by atoms with Gasteiger partial charge in [-0.1, -0.05) is 18.2 Å². The number of hydrogen-bond acceptors (Lipinski definition) is 6. The molecule has 144 valence electrons. The molecule has 0 aliphatic carbocycles. The minimum absolute atomic E-state index is 0.401. The van der Waals surface area contributed by atoms with Crippen LogP contribution in [0.2, 0.25) is 0 Å². The van der Waals surface area contributed by atoms with Crippen molar-refractivity contribution in [3.8, 4) is 0 Å². The van der Waals surface area contributed by atoms with Crippen molar-refractivity contribution in [1.29, 1.82) is 0 Å². The maximum absolute atomic E-state index is 10.5. The van der Waals surface area contributed by atoms with E-state index in [9.17, 15) is 5.11 Å². The molecular weight excluding hydrogens is 378 g/mol. The number of aliphatic imine (C=N–C) groups is 1. The number of rotatable bonds is 7. The second-order valence-corrected chi connectivity index (χ2v) is 8.25. The minimum Gasteiger partial charge on any atom is -0.386 e. The number of nitrogens with one attached hydrogen (secondary N) is 2. The molecule has 27 heavy (non-hydrogen) atoms. The normalized spacial score (nSPS) is 13.0. The Morgan fingerprint density at radius 2 is 2.11 bits per heavy atom. The van der Waals surface area contributed by atoms with Crippen LogP contribution in [0, 0.1) is 0 Å². The summed E-state index contributed by atoms with van der Waals surface area (Å²) in [7, 11) is 3.96. The molecule has 2 heterocycles. The van der Waals surface area contributed by atoms with E-state index in [-0.39, 0.29) is 0 Å². The first-order valence-corrected chi connectivity index (χ1v) is 10.6. The van der Waals surface area contributed by atoms with Crippen molar-refractivity contribution in [2.24, 2.45) is 4.99 Å². The summed E-state index contributed by atoms with van der Waals surface area (Å²) in [6, 6.07) is 10.2. The van der Waals surface area contributed by atoms with Gasteiger partial charge in [-0.05, 0) is 24.4 Å². The molecule has 1 unspecified atom stereocenters. The molecular formula is C19H25N5OS2. The Bertz CT molecular complexity index is 869. The summed E-state index contributed by atoms with van der Waals surface area (Å²) in [5, 5.41) is 21.1. The van der Waals surface area contributed by atoms with E-state index in [1.54, 1.807) is 22.7 Å². The molecule has 3 aromatic rings. The van der Waals surface area contributed by atoms with Gasteiger partial charge in [0.1, 0.15) is 6.10 Å². The molecule has 0 spiro atoms. The third-order valence-electron chi connectivity index (χ3n) is 3.90. The lowest BCUT2D eigenvalue weighted by Crippen LogP contribution is -2.39. The van der Waals surface area contributed by atoms with Crippen LogP contribution in [0.5, 0.6) is 0 Å². The lowest BCUT2D eigenvalue weighted by atomic mass is 10.2. The van der Waals surface area contributed by atoms with Crippen molar-refractivity contribution >= 4 is 43.9 Å². The quantitative estimate of drug-likeness (QED) is 0.417. The van der Waals surface area contributed by atoms with E-state index in [1.807, 2.05) is 43.4 Å². The number of aromatic nitrogens is 1. The lowest BCUT2D eigenvalue weighted by molar-refractivity contribution is 0.184. The van der Waals surface area contributed by atoms with Gasteiger partial charge in [0.05, 0.1) is 12.2 Å². The van der Waals surface area contributed by atoms with Crippen LogP contribution < -0.4 is 15.5 Å². The van der Waals surface area contributed by atoms with Crippen molar-refractivity contribution in [3.63, 3.8) is 0 Å². The van der Waals surface area contributed by atoms with Crippen LogP contribution in [0.25, 0.3) is 10.1 Å². The molecule has 0 aliphatic heterocycles. The number of thiazole rings is 1. The van der Waals surface area contributed by atoms with E-state index in [2.05, 4.69) is 38.8 Å². The Morgan fingerprint density at radius 3 is 2.81 bits per heavy atom. The highest BCUT2D eigenvalue weighted by Crippen LogP contribution is 2.29. The fourth-order valence-electron chi connectivity index (χ4n) is 2.54. The molecule has 0 saturated heterocycles. The molecule has 0 amide bonds. The molecule has 3 rings (SSSR count). The Morgan fingerprint density at radius 1 is 1.30 bits per heavy atom. The Hall–Kier alpha value is -2.16. The summed E-state index contributed by atoms with van der Waals surface area (Å²) in [6.45, 7) is 3.68. The SMILES string of the molecule is CCNC(=NCc1csc(N(C)C)n1)NCC(O)c1cc2ccccc2s1. The molecule has 1 aromatic carbocycles. The van der Waals surface area contributed by atoms with E-state index in [1.165, 1.54) is 4.70 Å². The molecule has 6 nitrogen and oxygen atoms in total. The van der Waals surface area contributed by atoms with Gasteiger partial charge in [0.2, 0.25) is 0 Å². The number of benzene rings is 1. The van der Waals surface area contributed by atoms with Gasteiger partial charge in [0.15, 0.2) is 11.1 Å². The average Bonchev–Trinajstić information content (AvgIpc) is 3.30. The van der Waals surface area contributed by atoms with Crippen molar-refractivity contribution in [1.82, 2.24) is 15.6 Å². The fraction of sp³-hybridized carbons (Fsp3) is 0.368. The van der Waals surface area contributed by atoms with Crippen molar-refractivity contribution in [2.45, 2.75) is 19.6 Å². The average molecular weight is 404 g/mol. The zero-order chi connectivity index (χ0) is 19.2. The summed E-state index contributed by atoms with van der Waals surface area (Å²) in [5.41, 5.74) is 0.936. The van der Waals surface area contributed by atoms with Crippen LogP contribution >= 0.6 is 22.7 Å². The number of anilines is 1. The molecule has 3 N–H and O–H groups in total. The van der Waals surface area contributed by atoms with E-state index < -0.39 is 6.10 Å². The highest BCUT2D eigenvalue weighted by molar-refractivity contribution is 7.19. The number of fused-ring (bicyclic) bond motifs is 1. The molecule has 0 aliphatic rings. The van der Waals surface area contributed by atoms with Gasteiger partial charge in [-0.15, -0.1) is 22.7 Å². The first kappa shape index (κ1) is 19.6. The van der Waals surface area contributed by atoms with Crippen LogP contribution in [0.15, 0.2) is 40.7 Å². The minimum atomic E-state index is -0.578. The predicted molar refractivity (Wildman–Crippen MR) is 116 cm³/mol. The van der Waals surface area contributed by atoms with Gasteiger partial charge >= 0.3 is 0 Å². The third-order valence-corrected chi connectivity index (χ3v) is 6.18. The smallest absolute Gasteiger partial charge is 0.191 e. The van der Waals surface area contributed by atoms with Crippen LogP contribution in [-0.2, 0) is 6.54 Å². The lowest BCUT2D eigenvalue weighted by Gasteiger charge is -2.14. The van der Waals surface area contributed by atoms with Gasteiger partial charge in [-0.3, -0.25) is 0 Å². The molecule has 1 atom stereocenters. The molecule has 2 aromatic heterocycles. The number of nitrogens with zero attached hydrogens (tertiary/aromatic N) is 3. The number of thiophene rings is 1. The Kier molecular flexibility index (Phi) is 6.65. The topological polar surface area (TPSA) is 72.8 Å². The number of guanidine groups is 1. The molecule has 0 radical (unpaired) electrons. The number of aliphatic hydroxyl groups excluding tert-OH is 1. The van der Waals surface area contributed by atoms with Gasteiger partial charge < -0.3 is 20.6 Å². The highest BCUT2D eigenvalue weighted by atomic mass is 32.1. The van der Waals surface area contributed by atoms with Gasteiger partial charge in [0, 0.05) is 42.1 Å². The zero-order valence-corrected chi connectivity index (χ0v) is 17.4. The second kappa shape index (κ2) is 9.16. The van der Waals surface area contributed by atoms with Crippen LogP contribution in [0.1, 0.15) is 23.6 Å². The van der Waals surface area contributed by atoms with Crippen LogP contribution in [-0.4, -0.2) is 43.2 Å². The standard InChI is InChI=1S/C19H25N5OS2/c1-4-20-18(21-10-14-12-26-19(23-14)24(2)3)22-11-15(25)17-9-13-7-5-6-8-16(13)27-17/h5-9,12,15,25H,4,10-11H2,1-3H3,(H2,20,21,22). The Labute approximate surface area is 167 Å². The monoisotopic (exact) mass is 403 g/mol. The highest BCUT2D eigenvalue weighted by Gasteiger charge is 2.12. The second-order valence-electron chi connectivity index (χ2n) is 6.29. The molecule has 0 bridgehead atoms. The number of hydrogen-bond donors (Lipinski definition) is 3. The van der Waals surface area contributed by atoms with Gasteiger partial charge in [0.25, 0.3) is 0 Å². The first-order chi connectivity index (χ1) is 13.1. The Balaban J connectivity index is 1.61. The van der Waals surface area contributed by atoms with E-state index in [4.69, 9.17) is 0 Å². The van der Waals surface area contributed by atoms with E-state index in [0.29, 0.717) is 19.0 Å². The van der Waals surface area contributed by atoms with Crippen molar-refractivity contribution in [3.05, 3.63) is 46.3 Å². The van der Waals surface area contributed by atoms with E-state index >= 15 is 0 Å². The summed E-state index contributed by atoms with van der Waals surface area (Å²) in [4.78, 5) is 12.1. The maximum Gasteiger partial charge on any atom is 0.191 e. The summed E-state index contributed by atoms with van der Waals surface area (Å²) in [5.74, 6) is 0.678. The van der Waals surface area contributed by atoms with Crippen LogP contribution in [0.3, 0.4) is 0 Å². The third kappa shape index (κ3) is 5.18. The predicted octanol–water partition coefficient (Wildman–Crippen LogP) is 3.21. The maximum atomic E-state index is 10.5. The van der Waals surface area contributed by atoms with Crippen molar-refractivity contribution in [2.75, 3.05) is 32.1 Å². The molecule has 8 heteroatoms. The largest absolute Gasteiger partial charge is 0.386 e. The zero-order valence-electron chi connectivity index (χ0n) is 15.8. The fourth-order valence-corrected chi connectivity index (χ4v) is 4.34. The van der Waals surface area contributed by atoms with Gasteiger partial charge in [-0.2, -0.15) is 0 Å². The van der Waals surface area contributed by atoms with E-state index in [0.717, 1.165) is 27.6 Å². The van der Waals surface area contributed by atoms with Gasteiger partial charge in [-0.25, -0.2) is 9.98 Å². The molecule has 0 saturated carbocycles. The molecule has 0 fully saturated rings. The summed E-state index contributed by atoms with van der Waals surface area (Å²) < 4.78 is 1.19. The summed E-state index contributed by atoms with van der Waals surface area (Å²) in [6.07, 6.45) is -0.578.